The summed E-state index contributed by atoms with van der Waals surface area (Å²) in [7, 11) is 0. The average Bonchev–Trinajstić information content (AvgIpc) is 3.42. The number of nitrogens with zero attached hydrogens (tertiary/aromatic N) is 3. The number of aliphatic hydroxyl groups excluding tert-OH is 1. The first kappa shape index (κ1) is 27.8. The van der Waals surface area contributed by atoms with Crippen LogP contribution in [0.15, 0.2) is 17.8 Å². The molecular weight excluding hydrogens is 502 g/mol. The van der Waals surface area contributed by atoms with Crippen LogP contribution in [-0.2, 0) is 25.6 Å². The summed E-state index contributed by atoms with van der Waals surface area (Å²) in [4.78, 5) is 39.5. The molecule has 0 radical (unpaired) electrons. The third-order valence-corrected chi connectivity index (χ3v) is 10.6. The van der Waals surface area contributed by atoms with Crippen LogP contribution in [0.4, 0.5) is 5.82 Å². The Labute approximate surface area is 229 Å². The fourth-order valence-corrected chi connectivity index (χ4v) is 8.41. The number of imidazole rings is 1. The molecule has 10 heteroatoms. The highest BCUT2D eigenvalue weighted by atomic mass is 16.6. The molecule has 1 aromatic rings. The van der Waals surface area contributed by atoms with Crippen LogP contribution < -0.4 is 0 Å². The van der Waals surface area contributed by atoms with E-state index in [1.165, 1.54) is 16.3 Å². The van der Waals surface area contributed by atoms with Crippen LogP contribution in [0.2, 0.25) is 0 Å². The van der Waals surface area contributed by atoms with Gasteiger partial charge in [0.05, 0.1) is 18.9 Å². The topological polar surface area (TPSA) is 134 Å². The average molecular weight is 544 g/mol. The first-order valence-electron chi connectivity index (χ1n) is 14.4. The minimum Gasteiger partial charge on any atom is -0.462 e. The Kier molecular flexibility index (Phi) is 7.61. The van der Waals surface area contributed by atoms with E-state index >= 15 is 0 Å². The van der Waals surface area contributed by atoms with Gasteiger partial charge in [-0.05, 0) is 79.5 Å². The standard InChI is InChI=1S/C29H41N3O7/c1-18-30-17-25(32(36)37)31(18)14-15-38-26(34)8-9-27(35)39-24-7-6-22-21-5-4-19-16-20(33)10-12-28(19,2)23(21)11-13-29(22,24)3/h4,17,20-24,33H,5-16H2,1-3H3. The number of aliphatic hydroxyl groups is 1. The summed E-state index contributed by atoms with van der Waals surface area (Å²) in [6.07, 6.45) is 11.0. The van der Waals surface area contributed by atoms with Gasteiger partial charge in [0.15, 0.2) is 5.82 Å². The van der Waals surface area contributed by atoms with Crippen LogP contribution in [0.5, 0.6) is 0 Å². The lowest BCUT2D eigenvalue weighted by molar-refractivity contribution is -0.392. The molecule has 0 bridgehead atoms. The van der Waals surface area contributed by atoms with Gasteiger partial charge in [0.2, 0.25) is 0 Å². The van der Waals surface area contributed by atoms with Crippen LogP contribution in [0.1, 0.15) is 83.9 Å². The summed E-state index contributed by atoms with van der Waals surface area (Å²) in [5.74, 6) is 1.13. The number of carbonyl (C=O) groups is 2. The van der Waals surface area contributed by atoms with E-state index in [1.54, 1.807) is 6.92 Å². The highest BCUT2D eigenvalue weighted by Gasteiger charge is 2.59. The number of allylic oxidation sites excluding steroid dienone is 1. The zero-order chi connectivity index (χ0) is 27.9. The van der Waals surface area contributed by atoms with E-state index in [4.69, 9.17) is 9.47 Å². The normalized spacial score (nSPS) is 35.3. The minimum atomic E-state index is -0.529. The third kappa shape index (κ3) is 5.12. The summed E-state index contributed by atoms with van der Waals surface area (Å²) < 4.78 is 12.6. The largest absolute Gasteiger partial charge is 0.462 e. The fraction of sp³-hybridized carbons (Fsp3) is 0.759. The summed E-state index contributed by atoms with van der Waals surface area (Å²) in [5.41, 5.74) is 1.59. The summed E-state index contributed by atoms with van der Waals surface area (Å²) in [6.45, 7) is 6.43. The lowest BCUT2D eigenvalue weighted by Gasteiger charge is -2.57. The number of hydrogen-bond acceptors (Lipinski definition) is 8. The van der Waals surface area contributed by atoms with Crippen LogP contribution >= 0.6 is 0 Å². The Balaban J connectivity index is 1.11. The number of rotatable bonds is 8. The lowest BCUT2D eigenvalue weighted by atomic mass is 9.48. The molecular formula is C29H41N3O7. The second-order valence-corrected chi connectivity index (χ2v) is 12.5. The number of aryl methyl sites for hydroxylation is 1. The zero-order valence-corrected chi connectivity index (χ0v) is 23.3. The highest BCUT2D eigenvalue weighted by molar-refractivity contribution is 5.77. The molecule has 7 atom stereocenters. The molecule has 214 valence electrons. The quantitative estimate of drug-likeness (QED) is 0.217. The van der Waals surface area contributed by atoms with Crippen LogP contribution in [0.25, 0.3) is 0 Å². The number of fused-ring (bicyclic) bond motifs is 5. The third-order valence-electron chi connectivity index (χ3n) is 10.6. The van der Waals surface area contributed by atoms with Crippen molar-refractivity contribution in [2.45, 2.75) is 104 Å². The Morgan fingerprint density at radius 2 is 1.92 bits per heavy atom. The first-order chi connectivity index (χ1) is 18.5. The molecule has 5 rings (SSSR count). The molecule has 1 aromatic heterocycles. The van der Waals surface area contributed by atoms with Gasteiger partial charge in [-0.15, -0.1) is 0 Å². The van der Waals surface area contributed by atoms with E-state index in [2.05, 4.69) is 24.9 Å². The first-order valence-corrected chi connectivity index (χ1v) is 14.4. The van der Waals surface area contributed by atoms with Gasteiger partial charge in [0.25, 0.3) is 0 Å². The Hall–Kier alpha value is -2.75. The molecule has 0 amide bonds. The van der Waals surface area contributed by atoms with E-state index < -0.39 is 10.9 Å². The summed E-state index contributed by atoms with van der Waals surface area (Å²) in [6, 6.07) is 0. The highest BCUT2D eigenvalue weighted by Crippen LogP contribution is 2.65. The van der Waals surface area contributed by atoms with Crippen molar-refractivity contribution in [1.29, 1.82) is 0 Å². The number of esters is 2. The van der Waals surface area contributed by atoms with Crippen molar-refractivity contribution in [1.82, 2.24) is 9.55 Å². The molecule has 1 heterocycles. The minimum absolute atomic E-state index is 0.0368. The van der Waals surface area contributed by atoms with Crippen LogP contribution in [-0.4, -0.2) is 50.3 Å². The van der Waals surface area contributed by atoms with Crippen molar-refractivity contribution in [3.63, 3.8) is 0 Å². The van der Waals surface area contributed by atoms with Gasteiger partial charge in [-0.25, -0.2) is 9.55 Å². The maximum absolute atomic E-state index is 12.7. The summed E-state index contributed by atoms with van der Waals surface area (Å²) in [5, 5.41) is 21.3. The number of carbonyl (C=O) groups excluding carboxylic acids is 2. The zero-order valence-electron chi connectivity index (χ0n) is 23.3. The maximum Gasteiger partial charge on any atom is 0.342 e. The van der Waals surface area contributed by atoms with Crippen molar-refractivity contribution in [2.75, 3.05) is 6.61 Å². The van der Waals surface area contributed by atoms with Gasteiger partial charge in [-0.2, -0.15) is 0 Å². The molecule has 0 aromatic carbocycles. The molecule has 0 aliphatic heterocycles. The number of hydrogen-bond donors (Lipinski definition) is 1. The van der Waals surface area contributed by atoms with Crippen molar-refractivity contribution in [3.05, 3.63) is 33.8 Å². The van der Waals surface area contributed by atoms with Crippen LogP contribution in [0.3, 0.4) is 0 Å². The van der Waals surface area contributed by atoms with Gasteiger partial charge in [0, 0.05) is 12.3 Å². The van der Waals surface area contributed by atoms with Gasteiger partial charge < -0.3 is 24.7 Å². The molecule has 10 nitrogen and oxygen atoms in total. The monoisotopic (exact) mass is 543 g/mol. The van der Waals surface area contributed by atoms with Crippen molar-refractivity contribution >= 4 is 17.8 Å². The van der Waals surface area contributed by atoms with Crippen molar-refractivity contribution in [3.8, 4) is 0 Å². The van der Waals surface area contributed by atoms with E-state index in [9.17, 15) is 24.8 Å². The smallest absolute Gasteiger partial charge is 0.342 e. The van der Waals surface area contributed by atoms with Gasteiger partial charge >= 0.3 is 17.8 Å². The molecule has 3 saturated carbocycles. The predicted molar refractivity (Wildman–Crippen MR) is 141 cm³/mol. The van der Waals surface area contributed by atoms with E-state index in [0.717, 1.165) is 51.4 Å². The molecule has 39 heavy (non-hydrogen) atoms. The van der Waals surface area contributed by atoms with E-state index in [-0.39, 0.29) is 60.8 Å². The fourth-order valence-electron chi connectivity index (χ4n) is 8.41. The lowest BCUT2D eigenvalue weighted by Crippen LogP contribution is -2.51. The van der Waals surface area contributed by atoms with E-state index in [0.29, 0.717) is 23.6 Å². The SMILES string of the molecule is Cc1ncc([N+](=O)[O-])n1CCOC(=O)CCC(=O)OC1CCC2C3CC=C4CC(O)CCC4(C)C3CCC12C. The molecule has 3 fully saturated rings. The number of nitro groups is 1. The molecule has 0 spiro atoms. The Bertz CT molecular complexity index is 1160. The number of aromatic nitrogens is 2. The van der Waals surface area contributed by atoms with Gasteiger partial charge in [-0.1, -0.05) is 25.5 Å². The van der Waals surface area contributed by atoms with Gasteiger partial charge in [0.1, 0.15) is 25.5 Å². The molecule has 1 N–H and O–H groups in total. The summed E-state index contributed by atoms with van der Waals surface area (Å²) >= 11 is 0. The molecule has 4 aliphatic rings. The molecule has 7 unspecified atom stereocenters. The Morgan fingerprint density at radius 1 is 1.15 bits per heavy atom. The second-order valence-electron chi connectivity index (χ2n) is 12.5. The van der Waals surface area contributed by atoms with E-state index in [1.807, 2.05) is 0 Å². The second kappa shape index (κ2) is 10.7. The van der Waals surface area contributed by atoms with Crippen molar-refractivity contribution < 1.29 is 29.1 Å². The van der Waals surface area contributed by atoms with Crippen LogP contribution in [0, 0.1) is 45.6 Å². The van der Waals surface area contributed by atoms with Crippen molar-refractivity contribution in [2.24, 2.45) is 28.6 Å². The molecule has 4 aliphatic carbocycles. The van der Waals surface area contributed by atoms with Gasteiger partial charge in [-0.3, -0.25) is 9.59 Å². The Morgan fingerprint density at radius 3 is 2.69 bits per heavy atom. The number of ether oxygens (including phenoxy) is 2. The maximum atomic E-state index is 12.7. The molecule has 0 saturated heterocycles. The predicted octanol–water partition coefficient (Wildman–Crippen LogP) is 4.66.